The summed E-state index contributed by atoms with van der Waals surface area (Å²) in [7, 11) is 0. The van der Waals surface area contributed by atoms with Crippen molar-refractivity contribution in [3.05, 3.63) is 78.4 Å². The molecule has 2 saturated heterocycles. The van der Waals surface area contributed by atoms with Crippen LogP contribution in [0.3, 0.4) is 0 Å². The molecule has 2 atom stereocenters. The quantitative estimate of drug-likeness (QED) is 0.278. The highest BCUT2D eigenvalue weighted by Gasteiger charge is 2.41. The number of rotatable bonds is 6. The van der Waals surface area contributed by atoms with E-state index < -0.39 is 0 Å². The van der Waals surface area contributed by atoms with E-state index in [1.807, 2.05) is 34.9 Å². The van der Waals surface area contributed by atoms with Crippen molar-refractivity contribution in [1.29, 1.82) is 0 Å². The number of nitrogens with zero attached hydrogens (tertiary/aromatic N) is 6. The van der Waals surface area contributed by atoms with E-state index in [1.54, 1.807) is 6.33 Å². The third-order valence-electron chi connectivity index (χ3n) is 6.30. The van der Waals surface area contributed by atoms with Gasteiger partial charge in [0.05, 0.1) is 18.8 Å². The number of likely N-dealkylation sites (tertiary alicyclic amines) is 1. The lowest BCUT2D eigenvalue weighted by Crippen LogP contribution is -2.50. The van der Waals surface area contributed by atoms with Gasteiger partial charge in [-0.3, -0.25) is 9.47 Å². The third kappa shape index (κ3) is 5.59. The topological polar surface area (TPSA) is 70.8 Å². The van der Waals surface area contributed by atoms with Crippen molar-refractivity contribution in [2.75, 3.05) is 32.8 Å². The number of hydrogen-bond donors (Lipinski definition) is 1. The van der Waals surface area contributed by atoms with Gasteiger partial charge < -0.3 is 15.0 Å². The molecule has 0 radical (unpaired) electrons. The van der Waals surface area contributed by atoms with Gasteiger partial charge in [-0.15, -0.1) is 34.2 Å². The van der Waals surface area contributed by atoms with Crippen LogP contribution in [0.2, 0.25) is 0 Å². The maximum Gasteiger partial charge on any atom is 0.194 e. The molecule has 0 aliphatic carbocycles. The van der Waals surface area contributed by atoms with Gasteiger partial charge in [-0.25, -0.2) is 4.99 Å². The molecule has 2 aliphatic rings. The molecular formula is C25H32IN7O. The summed E-state index contributed by atoms with van der Waals surface area (Å²) >= 11 is 0. The summed E-state index contributed by atoms with van der Waals surface area (Å²) < 4.78 is 8.15. The van der Waals surface area contributed by atoms with Gasteiger partial charge in [0.25, 0.3) is 0 Å². The van der Waals surface area contributed by atoms with Crippen molar-refractivity contribution >= 4 is 29.9 Å². The highest BCUT2D eigenvalue weighted by atomic mass is 127. The first-order valence-corrected chi connectivity index (χ1v) is 11.7. The van der Waals surface area contributed by atoms with Crippen molar-refractivity contribution < 1.29 is 4.74 Å². The molecule has 8 nitrogen and oxygen atoms in total. The molecule has 0 saturated carbocycles. The van der Waals surface area contributed by atoms with Crippen molar-refractivity contribution in [3.8, 4) is 5.69 Å². The number of fused-ring (bicyclic) bond motifs is 1. The van der Waals surface area contributed by atoms with E-state index in [4.69, 9.17) is 9.73 Å². The predicted molar refractivity (Wildman–Crippen MR) is 144 cm³/mol. The van der Waals surface area contributed by atoms with Crippen LogP contribution in [0.25, 0.3) is 5.69 Å². The minimum atomic E-state index is 0. The lowest BCUT2D eigenvalue weighted by Gasteiger charge is -2.36. The molecule has 1 aromatic heterocycles. The summed E-state index contributed by atoms with van der Waals surface area (Å²) in [5.41, 5.74) is 2.38. The fraction of sp³-hybridized carbons (Fsp3) is 0.400. The van der Waals surface area contributed by atoms with Crippen LogP contribution in [0.1, 0.15) is 18.3 Å². The maximum atomic E-state index is 6.16. The van der Waals surface area contributed by atoms with Crippen LogP contribution in [0.4, 0.5) is 0 Å². The smallest absolute Gasteiger partial charge is 0.194 e. The summed E-state index contributed by atoms with van der Waals surface area (Å²) in [6.07, 6.45) is 1.94. The number of benzene rings is 2. The van der Waals surface area contributed by atoms with Crippen LogP contribution >= 0.6 is 24.0 Å². The Labute approximate surface area is 218 Å². The molecular weight excluding hydrogens is 541 g/mol. The zero-order valence-corrected chi connectivity index (χ0v) is 21.8. The largest absolute Gasteiger partial charge is 0.373 e. The van der Waals surface area contributed by atoms with Crippen molar-refractivity contribution in [1.82, 2.24) is 29.9 Å². The molecule has 2 aromatic carbocycles. The first kappa shape index (κ1) is 24.6. The second-order valence-corrected chi connectivity index (χ2v) is 8.46. The van der Waals surface area contributed by atoms with Crippen molar-refractivity contribution in [3.63, 3.8) is 0 Å². The van der Waals surface area contributed by atoms with E-state index >= 15 is 0 Å². The second kappa shape index (κ2) is 11.8. The van der Waals surface area contributed by atoms with Crippen LogP contribution in [0.5, 0.6) is 0 Å². The van der Waals surface area contributed by atoms with E-state index in [9.17, 15) is 0 Å². The molecule has 0 bridgehead atoms. The van der Waals surface area contributed by atoms with Crippen molar-refractivity contribution in [2.45, 2.75) is 32.2 Å². The van der Waals surface area contributed by atoms with Gasteiger partial charge in [0.1, 0.15) is 12.9 Å². The Morgan fingerprint density at radius 3 is 2.62 bits per heavy atom. The van der Waals surface area contributed by atoms with E-state index in [1.165, 1.54) is 5.56 Å². The van der Waals surface area contributed by atoms with Gasteiger partial charge in [-0.05, 0) is 24.6 Å². The Kier molecular flexibility index (Phi) is 8.52. The molecule has 9 heteroatoms. The number of aromatic nitrogens is 3. The summed E-state index contributed by atoms with van der Waals surface area (Å²) in [5, 5.41) is 11.9. The Morgan fingerprint density at radius 1 is 1.09 bits per heavy atom. The van der Waals surface area contributed by atoms with E-state index in [-0.39, 0.29) is 30.1 Å². The number of hydrogen-bond acceptors (Lipinski definition) is 5. The number of morpholine rings is 1. The first-order valence-electron chi connectivity index (χ1n) is 11.7. The standard InChI is InChI=1S/C25H31N7O.HI/c1-2-26-25(27-15-24-29-28-19-32(24)21-11-7-4-8-12-21)31-17-22-23(18-31)33-14-13-30(22)16-20-9-5-3-6-10-20;/h3-12,19,22-23H,2,13-18H2,1H3,(H,26,27);1H. The average molecular weight is 573 g/mol. The van der Waals surface area contributed by atoms with Gasteiger partial charge in [0.2, 0.25) is 0 Å². The zero-order chi connectivity index (χ0) is 22.5. The second-order valence-electron chi connectivity index (χ2n) is 8.46. The van der Waals surface area contributed by atoms with Crippen LogP contribution in [0.15, 0.2) is 72.0 Å². The van der Waals surface area contributed by atoms with Gasteiger partial charge in [0, 0.05) is 38.4 Å². The monoisotopic (exact) mass is 573 g/mol. The number of nitrogens with one attached hydrogen (secondary N) is 1. The Balaban J connectivity index is 0.00000274. The van der Waals surface area contributed by atoms with Gasteiger partial charge in [-0.2, -0.15) is 0 Å². The summed E-state index contributed by atoms with van der Waals surface area (Å²) in [6.45, 7) is 7.79. The van der Waals surface area contributed by atoms with E-state index in [0.717, 1.165) is 56.8 Å². The Bertz CT molecular complexity index is 1060. The van der Waals surface area contributed by atoms with Crippen LogP contribution < -0.4 is 5.32 Å². The summed E-state index contributed by atoms with van der Waals surface area (Å²) in [6, 6.07) is 21.2. The van der Waals surface area contributed by atoms with E-state index in [2.05, 4.69) is 62.6 Å². The number of halogens is 1. The average Bonchev–Trinajstić information content (AvgIpc) is 3.51. The first-order chi connectivity index (χ1) is 16.3. The predicted octanol–water partition coefficient (Wildman–Crippen LogP) is 2.94. The van der Waals surface area contributed by atoms with Gasteiger partial charge in [-0.1, -0.05) is 48.5 Å². The molecule has 180 valence electrons. The lowest BCUT2D eigenvalue weighted by molar-refractivity contribution is -0.0502. The summed E-state index contributed by atoms with van der Waals surface area (Å²) in [5.74, 6) is 1.72. The summed E-state index contributed by atoms with van der Waals surface area (Å²) in [4.78, 5) is 9.80. The minimum Gasteiger partial charge on any atom is -0.373 e. The molecule has 5 rings (SSSR count). The zero-order valence-electron chi connectivity index (χ0n) is 19.5. The van der Waals surface area contributed by atoms with Crippen molar-refractivity contribution in [2.24, 2.45) is 4.99 Å². The Morgan fingerprint density at radius 2 is 1.85 bits per heavy atom. The molecule has 2 unspecified atom stereocenters. The fourth-order valence-electron chi connectivity index (χ4n) is 4.69. The normalized spacial score (nSPS) is 20.6. The number of guanidine groups is 1. The van der Waals surface area contributed by atoms with E-state index in [0.29, 0.717) is 12.6 Å². The third-order valence-corrected chi connectivity index (χ3v) is 6.30. The fourth-order valence-corrected chi connectivity index (χ4v) is 4.69. The molecule has 0 spiro atoms. The molecule has 0 amide bonds. The highest BCUT2D eigenvalue weighted by molar-refractivity contribution is 14.0. The molecule has 2 fully saturated rings. The molecule has 34 heavy (non-hydrogen) atoms. The number of ether oxygens (including phenoxy) is 1. The Hall–Kier alpha value is -2.50. The SMILES string of the molecule is CCNC(=NCc1nncn1-c1ccccc1)N1CC2OCCN(Cc3ccccc3)C2C1.I. The number of para-hydroxylation sites is 1. The molecule has 3 aromatic rings. The van der Waals surface area contributed by atoms with Crippen LogP contribution in [0, 0.1) is 0 Å². The molecule has 1 N–H and O–H groups in total. The van der Waals surface area contributed by atoms with Crippen LogP contribution in [-0.4, -0.2) is 75.5 Å². The van der Waals surface area contributed by atoms with Crippen LogP contribution in [-0.2, 0) is 17.8 Å². The highest BCUT2D eigenvalue weighted by Crippen LogP contribution is 2.25. The minimum absolute atomic E-state index is 0. The number of aliphatic imine (C=N–C) groups is 1. The van der Waals surface area contributed by atoms with Gasteiger partial charge in [0.15, 0.2) is 11.8 Å². The lowest BCUT2D eigenvalue weighted by atomic mass is 10.1. The van der Waals surface area contributed by atoms with Gasteiger partial charge >= 0.3 is 0 Å². The molecule has 3 heterocycles. The molecule has 2 aliphatic heterocycles. The maximum absolute atomic E-state index is 6.16.